The van der Waals surface area contributed by atoms with E-state index >= 15 is 0 Å². The first kappa shape index (κ1) is 18.6. The lowest BCUT2D eigenvalue weighted by molar-refractivity contribution is -0.119. The normalized spacial score (nSPS) is 13.5. The molecule has 0 radical (unpaired) electrons. The number of anilines is 2. The van der Waals surface area contributed by atoms with Crippen molar-refractivity contribution in [3.8, 4) is 11.5 Å². The van der Waals surface area contributed by atoms with Gasteiger partial charge in [0.05, 0.1) is 19.9 Å². The van der Waals surface area contributed by atoms with Crippen LogP contribution in [0.15, 0.2) is 42.5 Å². The van der Waals surface area contributed by atoms with E-state index in [0.29, 0.717) is 23.7 Å². The molecule has 3 amide bonds. The highest BCUT2D eigenvalue weighted by Crippen LogP contribution is 2.29. The SMILES string of the molecule is COc1ccc(NC(=O)N[C@H](C)C(=O)N2CCc3ccccc32)c(OC)c1. The molecule has 0 saturated heterocycles. The van der Waals surface area contributed by atoms with E-state index in [-0.39, 0.29) is 5.91 Å². The second-order valence-corrected chi connectivity index (χ2v) is 6.25. The lowest BCUT2D eigenvalue weighted by Gasteiger charge is -2.22. The maximum absolute atomic E-state index is 12.7. The summed E-state index contributed by atoms with van der Waals surface area (Å²) < 4.78 is 10.4. The molecule has 1 atom stereocenters. The molecule has 7 nitrogen and oxygen atoms in total. The van der Waals surface area contributed by atoms with Gasteiger partial charge in [0.15, 0.2) is 0 Å². The van der Waals surface area contributed by atoms with Gasteiger partial charge < -0.3 is 25.0 Å². The lowest BCUT2D eigenvalue weighted by atomic mass is 10.2. The fourth-order valence-corrected chi connectivity index (χ4v) is 3.12. The number of methoxy groups -OCH3 is 2. The van der Waals surface area contributed by atoms with Crippen LogP contribution < -0.4 is 25.0 Å². The summed E-state index contributed by atoms with van der Waals surface area (Å²) in [6, 6.07) is 11.7. The standard InChI is InChI=1S/C20H23N3O4/c1-13(19(24)23-11-10-14-6-4-5-7-17(14)23)21-20(25)22-16-9-8-15(26-2)12-18(16)27-3/h4-9,12-13H,10-11H2,1-3H3,(H2,21,22,25)/t13-/m1/s1. The number of benzene rings is 2. The van der Waals surface area contributed by atoms with Crippen molar-refractivity contribution in [2.24, 2.45) is 0 Å². The summed E-state index contributed by atoms with van der Waals surface area (Å²) in [7, 11) is 3.06. The molecule has 1 aliphatic rings. The van der Waals surface area contributed by atoms with Crippen molar-refractivity contribution in [2.45, 2.75) is 19.4 Å². The third-order valence-electron chi connectivity index (χ3n) is 4.53. The Morgan fingerprint density at radius 3 is 2.63 bits per heavy atom. The fraction of sp³-hybridized carbons (Fsp3) is 0.300. The Labute approximate surface area is 158 Å². The van der Waals surface area contributed by atoms with Crippen LogP contribution in [-0.2, 0) is 11.2 Å². The quantitative estimate of drug-likeness (QED) is 0.849. The summed E-state index contributed by atoms with van der Waals surface area (Å²) >= 11 is 0. The van der Waals surface area contributed by atoms with E-state index in [9.17, 15) is 9.59 Å². The third kappa shape index (κ3) is 3.97. The summed E-state index contributed by atoms with van der Waals surface area (Å²) in [5.74, 6) is 0.947. The van der Waals surface area contributed by atoms with Crippen LogP contribution in [0.3, 0.4) is 0 Å². The minimum absolute atomic E-state index is 0.142. The molecule has 7 heteroatoms. The number of nitrogens with zero attached hydrogens (tertiary/aromatic N) is 1. The van der Waals surface area contributed by atoms with Gasteiger partial charge in [-0.2, -0.15) is 0 Å². The van der Waals surface area contributed by atoms with Gasteiger partial charge in [-0.3, -0.25) is 4.79 Å². The minimum Gasteiger partial charge on any atom is -0.497 e. The molecule has 0 saturated carbocycles. The number of nitrogens with one attached hydrogen (secondary N) is 2. The molecular formula is C20H23N3O4. The van der Waals surface area contributed by atoms with E-state index in [0.717, 1.165) is 17.7 Å². The molecule has 3 rings (SSSR count). The first-order chi connectivity index (χ1) is 13.0. The van der Waals surface area contributed by atoms with E-state index in [4.69, 9.17) is 9.47 Å². The molecule has 27 heavy (non-hydrogen) atoms. The summed E-state index contributed by atoms with van der Waals surface area (Å²) in [6.45, 7) is 2.30. The Kier molecular flexibility index (Phi) is 5.49. The predicted octanol–water partition coefficient (Wildman–Crippen LogP) is 2.80. The van der Waals surface area contributed by atoms with Crippen molar-refractivity contribution in [3.63, 3.8) is 0 Å². The molecule has 0 fully saturated rings. The largest absolute Gasteiger partial charge is 0.497 e. The highest BCUT2D eigenvalue weighted by molar-refractivity contribution is 6.02. The first-order valence-corrected chi connectivity index (χ1v) is 8.72. The second kappa shape index (κ2) is 7.99. The van der Waals surface area contributed by atoms with E-state index < -0.39 is 12.1 Å². The summed E-state index contributed by atoms with van der Waals surface area (Å²) in [4.78, 5) is 26.8. The van der Waals surface area contributed by atoms with Crippen molar-refractivity contribution < 1.29 is 19.1 Å². The zero-order valence-electron chi connectivity index (χ0n) is 15.6. The van der Waals surface area contributed by atoms with E-state index in [1.807, 2.05) is 24.3 Å². The smallest absolute Gasteiger partial charge is 0.319 e. The van der Waals surface area contributed by atoms with Gasteiger partial charge in [-0.15, -0.1) is 0 Å². The van der Waals surface area contributed by atoms with Crippen LogP contribution in [0.1, 0.15) is 12.5 Å². The van der Waals surface area contributed by atoms with Gasteiger partial charge in [0.25, 0.3) is 0 Å². The number of hydrogen-bond acceptors (Lipinski definition) is 4. The topological polar surface area (TPSA) is 79.9 Å². The van der Waals surface area contributed by atoms with E-state index in [2.05, 4.69) is 10.6 Å². The van der Waals surface area contributed by atoms with Gasteiger partial charge >= 0.3 is 6.03 Å². The van der Waals surface area contributed by atoms with Crippen LogP contribution in [0, 0.1) is 0 Å². The van der Waals surface area contributed by atoms with Gasteiger partial charge in [0.1, 0.15) is 17.5 Å². The highest BCUT2D eigenvalue weighted by Gasteiger charge is 2.28. The average Bonchev–Trinajstić information content (AvgIpc) is 3.11. The van der Waals surface area contributed by atoms with Crippen molar-refractivity contribution in [1.82, 2.24) is 5.32 Å². The van der Waals surface area contributed by atoms with Crippen molar-refractivity contribution in [3.05, 3.63) is 48.0 Å². The van der Waals surface area contributed by atoms with E-state index in [1.54, 1.807) is 37.1 Å². The minimum atomic E-state index is -0.666. The number of carbonyl (C=O) groups excluding carboxylic acids is 2. The highest BCUT2D eigenvalue weighted by atomic mass is 16.5. The molecule has 1 aliphatic heterocycles. The first-order valence-electron chi connectivity index (χ1n) is 8.72. The van der Waals surface area contributed by atoms with Crippen LogP contribution in [0.5, 0.6) is 11.5 Å². The monoisotopic (exact) mass is 369 g/mol. The van der Waals surface area contributed by atoms with E-state index in [1.165, 1.54) is 7.11 Å². The van der Waals surface area contributed by atoms with Crippen molar-refractivity contribution in [1.29, 1.82) is 0 Å². The zero-order chi connectivity index (χ0) is 19.4. The molecular weight excluding hydrogens is 346 g/mol. The molecule has 2 aromatic rings. The van der Waals surface area contributed by atoms with Gasteiger partial charge in [-0.25, -0.2) is 4.79 Å². The Balaban J connectivity index is 1.64. The molecule has 2 N–H and O–H groups in total. The molecule has 0 spiro atoms. The number of carbonyl (C=O) groups is 2. The van der Waals surface area contributed by atoms with Crippen LogP contribution >= 0.6 is 0 Å². The molecule has 1 heterocycles. The molecule has 0 aliphatic carbocycles. The summed E-state index contributed by atoms with van der Waals surface area (Å²) in [5.41, 5.74) is 2.54. The van der Waals surface area contributed by atoms with Gasteiger partial charge in [-0.05, 0) is 37.1 Å². The lowest BCUT2D eigenvalue weighted by Crippen LogP contribution is -2.47. The second-order valence-electron chi connectivity index (χ2n) is 6.25. The van der Waals surface area contributed by atoms with Gasteiger partial charge in [0, 0.05) is 18.3 Å². The number of hydrogen-bond donors (Lipinski definition) is 2. The molecule has 0 aromatic heterocycles. The Morgan fingerprint density at radius 1 is 1.11 bits per heavy atom. The van der Waals surface area contributed by atoms with Gasteiger partial charge in [0.2, 0.25) is 5.91 Å². The molecule has 0 unspecified atom stereocenters. The fourth-order valence-electron chi connectivity index (χ4n) is 3.12. The predicted molar refractivity (Wildman–Crippen MR) is 104 cm³/mol. The van der Waals surface area contributed by atoms with Crippen LogP contribution in [-0.4, -0.2) is 38.7 Å². The Bertz CT molecular complexity index is 853. The number of ether oxygens (including phenoxy) is 2. The summed E-state index contributed by atoms with van der Waals surface area (Å²) in [6.07, 6.45) is 0.823. The third-order valence-corrected chi connectivity index (χ3v) is 4.53. The van der Waals surface area contributed by atoms with Crippen LogP contribution in [0.4, 0.5) is 16.2 Å². The number of rotatable bonds is 5. The number of para-hydroxylation sites is 1. The Morgan fingerprint density at radius 2 is 1.89 bits per heavy atom. The number of fused-ring (bicyclic) bond motifs is 1. The summed E-state index contributed by atoms with van der Waals surface area (Å²) in [5, 5.41) is 5.39. The van der Waals surface area contributed by atoms with Crippen LogP contribution in [0.25, 0.3) is 0 Å². The zero-order valence-corrected chi connectivity index (χ0v) is 15.6. The van der Waals surface area contributed by atoms with Crippen LogP contribution in [0.2, 0.25) is 0 Å². The molecule has 142 valence electrons. The number of urea groups is 1. The van der Waals surface area contributed by atoms with Gasteiger partial charge in [-0.1, -0.05) is 18.2 Å². The molecule has 2 aromatic carbocycles. The maximum Gasteiger partial charge on any atom is 0.319 e. The molecule has 0 bridgehead atoms. The van der Waals surface area contributed by atoms with Crippen molar-refractivity contribution >= 4 is 23.3 Å². The number of amides is 3. The Hall–Kier alpha value is -3.22. The average molecular weight is 369 g/mol. The van der Waals surface area contributed by atoms with Crippen molar-refractivity contribution in [2.75, 3.05) is 31.0 Å². The maximum atomic E-state index is 12.7.